The first-order valence-corrected chi connectivity index (χ1v) is 6.18. The molecule has 2 saturated carbocycles. The Balaban J connectivity index is 1.75. The lowest BCUT2D eigenvalue weighted by Crippen LogP contribution is -2.26. The van der Waals surface area contributed by atoms with Crippen LogP contribution >= 0.6 is 0 Å². The van der Waals surface area contributed by atoms with Gasteiger partial charge in [0.1, 0.15) is 11.9 Å². The lowest BCUT2D eigenvalue weighted by Gasteiger charge is -2.24. The van der Waals surface area contributed by atoms with Crippen LogP contribution in [0.4, 0.5) is 11.5 Å². The predicted molar refractivity (Wildman–Crippen MR) is 66.2 cm³/mol. The SMILES string of the molecule is N#Cc1cnc(NC2CC3CCC2C3)c(N)c1. The third-order valence-corrected chi connectivity index (χ3v) is 4.11. The fourth-order valence-corrected chi connectivity index (χ4v) is 3.26. The van der Waals surface area contributed by atoms with E-state index in [-0.39, 0.29) is 0 Å². The van der Waals surface area contributed by atoms with Gasteiger partial charge >= 0.3 is 0 Å². The number of rotatable bonds is 2. The van der Waals surface area contributed by atoms with Gasteiger partial charge in [0.25, 0.3) is 0 Å². The summed E-state index contributed by atoms with van der Waals surface area (Å²) in [6.45, 7) is 0. The first-order chi connectivity index (χ1) is 8.26. The molecule has 2 aliphatic rings. The molecule has 4 heteroatoms. The number of pyridine rings is 1. The van der Waals surface area contributed by atoms with Crippen molar-refractivity contribution in [1.29, 1.82) is 5.26 Å². The van der Waals surface area contributed by atoms with Crippen molar-refractivity contribution in [2.75, 3.05) is 11.1 Å². The lowest BCUT2D eigenvalue weighted by molar-refractivity contribution is 0.439. The summed E-state index contributed by atoms with van der Waals surface area (Å²) in [6.07, 6.45) is 6.89. The standard InChI is InChI=1S/C13H16N4/c14-6-9-4-11(15)13(16-7-9)17-12-5-8-1-2-10(12)3-8/h4,7-8,10,12H,1-3,5,15H2,(H,16,17). The molecule has 2 bridgehead atoms. The number of nitriles is 1. The van der Waals surface area contributed by atoms with E-state index in [0.29, 0.717) is 17.3 Å². The Morgan fingerprint density at radius 3 is 2.88 bits per heavy atom. The second-order valence-corrected chi connectivity index (χ2v) is 5.20. The average molecular weight is 228 g/mol. The van der Waals surface area contributed by atoms with Gasteiger partial charge in [-0.1, -0.05) is 6.42 Å². The van der Waals surface area contributed by atoms with Crippen LogP contribution in [-0.4, -0.2) is 11.0 Å². The van der Waals surface area contributed by atoms with Crippen molar-refractivity contribution in [2.24, 2.45) is 11.8 Å². The number of nitrogens with one attached hydrogen (secondary N) is 1. The third kappa shape index (κ3) is 1.82. The van der Waals surface area contributed by atoms with Gasteiger partial charge < -0.3 is 11.1 Å². The maximum absolute atomic E-state index is 8.76. The number of nitrogen functional groups attached to an aromatic ring is 1. The largest absolute Gasteiger partial charge is 0.396 e. The molecule has 0 radical (unpaired) electrons. The Labute approximate surface area is 101 Å². The Kier molecular flexibility index (Phi) is 2.40. The minimum absolute atomic E-state index is 0.515. The highest BCUT2D eigenvalue weighted by atomic mass is 15.0. The van der Waals surface area contributed by atoms with Crippen molar-refractivity contribution in [3.05, 3.63) is 17.8 Å². The van der Waals surface area contributed by atoms with E-state index in [0.717, 1.165) is 17.7 Å². The van der Waals surface area contributed by atoms with Crippen LogP contribution in [0.25, 0.3) is 0 Å². The van der Waals surface area contributed by atoms with Crippen LogP contribution in [-0.2, 0) is 0 Å². The van der Waals surface area contributed by atoms with E-state index in [4.69, 9.17) is 11.0 Å². The van der Waals surface area contributed by atoms with E-state index >= 15 is 0 Å². The first kappa shape index (κ1) is 10.4. The second kappa shape index (κ2) is 3.92. The summed E-state index contributed by atoms with van der Waals surface area (Å²) in [5, 5.41) is 12.2. The third-order valence-electron chi connectivity index (χ3n) is 4.11. The zero-order chi connectivity index (χ0) is 11.8. The summed E-state index contributed by atoms with van der Waals surface area (Å²) in [5.41, 5.74) is 6.99. The maximum Gasteiger partial charge on any atom is 0.149 e. The molecule has 0 saturated heterocycles. The molecule has 4 nitrogen and oxygen atoms in total. The number of anilines is 2. The van der Waals surface area contributed by atoms with Crippen LogP contribution in [0.3, 0.4) is 0 Å². The number of hydrogen-bond donors (Lipinski definition) is 2. The summed E-state index contributed by atoms with van der Waals surface area (Å²) in [6, 6.07) is 4.25. The van der Waals surface area contributed by atoms with Crippen LogP contribution in [0.2, 0.25) is 0 Å². The molecule has 1 aromatic heterocycles. The number of fused-ring (bicyclic) bond motifs is 2. The average Bonchev–Trinajstić information content (AvgIpc) is 2.93. The predicted octanol–water partition coefficient (Wildman–Crippen LogP) is 2.14. The molecular weight excluding hydrogens is 212 g/mol. The molecule has 0 amide bonds. The molecule has 0 aromatic carbocycles. The molecular formula is C13H16N4. The highest BCUT2D eigenvalue weighted by Crippen LogP contribution is 2.45. The summed E-state index contributed by atoms with van der Waals surface area (Å²) >= 11 is 0. The summed E-state index contributed by atoms with van der Waals surface area (Å²) in [7, 11) is 0. The molecule has 17 heavy (non-hydrogen) atoms. The second-order valence-electron chi connectivity index (χ2n) is 5.20. The fourth-order valence-electron chi connectivity index (χ4n) is 3.26. The van der Waals surface area contributed by atoms with E-state index < -0.39 is 0 Å². The number of hydrogen-bond acceptors (Lipinski definition) is 4. The summed E-state index contributed by atoms with van der Waals surface area (Å²) in [4.78, 5) is 4.24. The van der Waals surface area contributed by atoms with Crippen molar-refractivity contribution >= 4 is 11.5 Å². The summed E-state index contributed by atoms with van der Waals surface area (Å²) in [5.74, 6) is 2.43. The number of nitrogens with two attached hydrogens (primary N) is 1. The fraction of sp³-hybridized carbons (Fsp3) is 0.538. The number of nitrogens with zero attached hydrogens (tertiary/aromatic N) is 2. The Bertz CT molecular complexity index is 477. The van der Waals surface area contributed by atoms with Crippen molar-refractivity contribution in [3.8, 4) is 6.07 Å². The molecule has 0 aliphatic heterocycles. The Morgan fingerprint density at radius 2 is 2.29 bits per heavy atom. The number of aromatic nitrogens is 1. The molecule has 1 aromatic rings. The molecule has 2 aliphatic carbocycles. The van der Waals surface area contributed by atoms with E-state index in [2.05, 4.69) is 10.3 Å². The van der Waals surface area contributed by atoms with Crippen LogP contribution in [0, 0.1) is 23.2 Å². The van der Waals surface area contributed by atoms with Crippen LogP contribution < -0.4 is 11.1 Å². The zero-order valence-electron chi connectivity index (χ0n) is 9.69. The van der Waals surface area contributed by atoms with Crippen LogP contribution in [0.5, 0.6) is 0 Å². The van der Waals surface area contributed by atoms with Gasteiger partial charge in [0, 0.05) is 12.2 Å². The van der Waals surface area contributed by atoms with Gasteiger partial charge in [-0.25, -0.2) is 4.98 Å². The molecule has 0 spiro atoms. The Hall–Kier alpha value is -1.76. The van der Waals surface area contributed by atoms with E-state index in [1.165, 1.54) is 25.7 Å². The van der Waals surface area contributed by atoms with Crippen molar-refractivity contribution in [2.45, 2.75) is 31.7 Å². The topological polar surface area (TPSA) is 74.7 Å². The van der Waals surface area contributed by atoms with E-state index in [1.54, 1.807) is 12.3 Å². The van der Waals surface area contributed by atoms with Crippen molar-refractivity contribution in [3.63, 3.8) is 0 Å². The zero-order valence-corrected chi connectivity index (χ0v) is 9.69. The van der Waals surface area contributed by atoms with Gasteiger partial charge in [0.15, 0.2) is 0 Å². The quantitative estimate of drug-likeness (QED) is 0.813. The minimum Gasteiger partial charge on any atom is -0.396 e. The van der Waals surface area contributed by atoms with Gasteiger partial charge in [-0.3, -0.25) is 0 Å². The smallest absolute Gasteiger partial charge is 0.149 e. The molecule has 88 valence electrons. The van der Waals surface area contributed by atoms with Gasteiger partial charge in [-0.05, 0) is 37.2 Å². The monoisotopic (exact) mass is 228 g/mol. The molecule has 3 unspecified atom stereocenters. The van der Waals surface area contributed by atoms with Crippen molar-refractivity contribution < 1.29 is 0 Å². The van der Waals surface area contributed by atoms with Gasteiger partial charge in [0.2, 0.25) is 0 Å². The normalized spacial score (nSPS) is 30.2. The van der Waals surface area contributed by atoms with Crippen LogP contribution in [0.1, 0.15) is 31.2 Å². The minimum atomic E-state index is 0.515. The van der Waals surface area contributed by atoms with Crippen molar-refractivity contribution in [1.82, 2.24) is 4.98 Å². The molecule has 3 rings (SSSR count). The van der Waals surface area contributed by atoms with E-state index in [9.17, 15) is 0 Å². The van der Waals surface area contributed by atoms with E-state index in [1.807, 2.05) is 6.07 Å². The van der Waals surface area contributed by atoms with Gasteiger partial charge in [-0.2, -0.15) is 5.26 Å². The maximum atomic E-state index is 8.76. The molecule has 2 fully saturated rings. The highest BCUT2D eigenvalue weighted by Gasteiger charge is 2.39. The highest BCUT2D eigenvalue weighted by molar-refractivity contribution is 5.63. The Morgan fingerprint density at radius 1 is 1.41 bits per heavy atom. The molecule has 1 heterocycles. The molecule has 3 atom stereocenters. The van der Waals surface area contributed by atoms with Crippen LogP contribution in [0.15, 0.2) is 12.3 Å². The van der Waals surface area contributed by atoms with Gasteiger partial charge in [-0.15, -0.1) is 0 Å². The molecule has 3 N–H and O–H groups in total. The first-order valence-electron chi connectivity index (χ1n) is 6.18. The van der Waals surface area contributed by atoms with Gasteiger partial charge in [0.05, 0.1) is 11.3 Å². The lowest BCUT2D eigenvalue weighted by atomic mass is 9.95. The summed E-state index contributed by atoms with van der Waals surface area (Å²) < 4.78 is 0.